The molecule has 8 nitrogen and oxygen atoms in total. The number of H-pyrrole nitrogens is 1. The third-order valence-corrected chi connectivity index (χ3v) is 6.50. The first kappa shape index (κ1) is 23.7. The molecule has 1 N–H and O–H groups in total. The number of aromatic amines is 1. The Morgan fingerprint density at radius 1 is 0.889 bits per heavy atom. The summed E-state index contributed by atoms with van der Waals surface area (Å²) in [6.45, 7) is 7.10. The molecule has 0 bridgehead atoms. The summed E-state index contributed by atoms with van der Waals surface area (Å²) in [5.74, 6) is 2.65. The molecule has 0 fully saturated rings. The van der Waals surface area contributed by atoms with Crippen LogP contribution in [-0.4, -0.2) is 40.0 Å². The molecule has 0 saturated carbocycles. The van der Waals surface area contributed by atoms with Crippen molar-refractivity contribution >= 4 is 0 Å². The van der Waals surface area contributed by atoms with Crippen molar-refractivity contribution in [2.45, 2.75) is 59.4 Å². The molecule has 5 rings (SSSR count). The number of aromatic nitrogens is 8. The lowest BCUT2D eigenvalue weighted by atomic mass is 10.1. The highest BCUT2D eigenvalue weighted by Gasteiger charge is 2.17. The molecule has 2 aromatic carbocycles. The first-order valence-electron chi connectivity index (χ1n) is 12.6. The zero-order chi connectivity index (χ0) is 24.9. The van der Waals surface area contributed by atoms with Crippen LogP contribution in [0, 0.1) is 13.8 Å². The number of aryl methyl sites for hydroxylation is 5. The van der Waals surface area contributed by atoms with Crippen molar-refractivity contribution in [1.29, 1.82) is 0 Å². The molecule has 184 valence electrons. The van der Waals surface area contributed by atoms with Gasteiger partial charge in [-0.15, -0.1) is 5.10 Å². The summed E-state index contributed by atoms with van der Waals surface area (Å²) in [7, 11) is 0. The fourth-order valence-electron chi connectivity index (χ4n) is 4.69. The summed E-state index contributed by atoms with van der Waals surface area (Å²) in [5.41, 5.74) is 6.82. The molecule has 0 amide bonds. The first-order chi connectivity index (χ1) is 17.6. The van der Waals surface area contributed by atoms with Crippen LogP contribution >= 0.6 is 0 Å². The van der Waals surface area contributed by atoms with E-state index in [2.05, 4.69) is 111 Å². The Morgan fingerprint density at radius 2 is 1.69 bits per heavy atom. The number of rotatable bonds is 10. The number of benzene rings is 2. The van der Waals surface area contributed by atoms with Gasteiger partial charge < -0.3 is 4.57 Å². The van der Waals surface area contributed by atoms with Gasteiger partial charge in [0.2, 0.25) is 0 Å². The summed E-state index contributed by atoms with van der Waals surface area (Å²) >= 11 is 0. The Hall–Kier alpha value is -4.07. The maximum atomic E-state index is 4.90. The third kappa shape index (κ3) is 5.12. The molecule has 0 spiro atoms. The maximum absolute atomic E-state index is 4.90. The van der Waals surface area contributed by atoms with Gasteiger partial charge in [0.05, 0.1) is 12.2 Å². The molecule has 36 heavy (non-hydrogen) atoms. The van der Waals surface area contributed by atoms with E-state index in [-0.39, 0.29) is 0 Å². The zero-order valence-electron chi connectivity index (χ0n) is 21.1. The van der Waals surface area contributed by atoms with Gasteiger partial charge in [0.1, 0.15) is 5.82 Å². The van der Waals surface area contributed by atoms with E-state index < -0.39 is 0 Å². The van der Waals surface area contributed by atoms with Gasteiger partial charge in [-0.3, -0.25) is 0 Å². The Kier molecular flexibility index (Phi) is 7.02. The largest absolute Gasteiger partial charge is 0.311 e. The highest BCUT2D eigenvalue weighted by molar-refractivity contribution is 5.61. The Labute approximate surface area is 211 Å². The van der Waals surface area contributed by atoms with Crippen LogP contribution in [0.15, 0.2) is 60.7 Å². The number of hydrogen-bond donors (Lipinski definition) is 1. The fraction of sp³-hybridized carbons (Fsp3) is 0.321. The SMILES string of the molecule is CCCCc1nc(CCc2ccccc2)nn1Cc1ccc(-n2c(C)cc(C)c2-c2nnn[nH]2)cc1. The molecule has 5 aromatic rings. The molecule has 0 aliphatic rings. The molecule has 3 heterocycles. The fourth-order valence-corrected chi connectivity index (χ4v) is 4.69. The number of tetrazole rings is 1. The van der Waals surface area contributed by atoms with Crippen molar-refractivity contribution in [2.75, 3.05) is 0 Å². The minimum absolute atomic E-state index is 0.663. The Bertz CT molecular complexity index is 1400. The molecule has 0 saturated heterocycles. The molecule has 0 atom stereocenters. The lowest BCUT2D eigenvalue weighted by Gasteiger charge is -2.12. The van der Waals surface area contributed by atoms with E-state index in [1.807, 2.05) is 0 Å². The minimum atomic E-state index is 0.663. The zero-order valence-corrected chi connectivity index (χ0v) is 21.1. The molecule has 8 heteroatoms. The average molecular weight is 481 g/mol. The third-order valence-electron chi connectivity index (χ3n) is 6.50. The van der Waals surface area contributed by atoms with Crippen LogP contribution in [0.3, 0.4) is 0 Å². The molecule has 0 aliphatic heterocycles. The van der Waals surface area contributed by atoms with Crippen molar-refractivity contribution in [3.63, 3.8) is 0 Å². The average Bonchev–Trinajstić information content (AvgIpc) is 3.62. The van der Waals surface area contributed by atoms with Gasteiger partial charge in [-0.05, 0) is 72.0 Å². The normalized spacial score (nSPS) is 11.3. The predicted molar refractivity (Wildman–Crippen MR) is 140 cm³/mol. The second-order valence-corrected chi connectivity index (χ2v) is 9.26. The molecule has 0 unspecified atom stereocenters. The second-order valence-electron chi connectivity index (χ2n) is 9.26. The van der Waals surface area contributed by atoms with Crippen LogP contribution in [0.2, 0.25) is 0 Å². The topological polar surface area (TPSA) is 90.1 Å². The predicted octanol–water partition coefficient (Wildman–Crippen LogP) is 5.04. The summed E-state index contributed by atoms with van der Waals surface area (Å²) in [6, 6.07) is 21.3. The van der Waals surface area contributed by atoms with Crippen LogP contribution in [0.4, 0.5) is 0 Å². The smallest absolute Gasteiger partial charge is 0.196 e. The monoisotopic (exact) mass is 480 g/mol. The van der Waals surface area contributed by atoms with E-state index in [1.54, 1.807) is 0 Å². The van der Waals surface area contributed by atoms with E-state index in [0.717, 1.165) is 66.4 Å². The summed E-state index contributed by atoms with van der Waals surface area (Å²) in [6.07, 6.45) is 5.00. The van der Waals surface area contributed by atoms with Gasteiger partial charge in [0, 0.05) is 24.2 Å². The first-order valence-corrected chi connectivity index (χ1v) is 12.6. The van der Waals surface area contributed by atoms with Crippen LogP contribution in [0.1, 0.15) is 53.8 Å². The maximum Gasteiger partial charge on any atom is 0.196 e. The molecule has 0 radical (unpaired) electrons. The van der Waals surface area contributed by atoms with Crippen molar-refractivity contribution in [1.82, 2.24) is 40.0 Å². The van der Waals surface area contributed by atoms with Crippen LogP contribution in [0.25, 0.3) is 17.2 Å². The van der Waals surface area contributed by atoms with Crippen LogP contribution in [-0.2, 0) is 25.8 Å². The number of nitrogens with one attached hydrogen (secondary N) is 1. The van der Waals surface area contributed by atoms with Crippen LogP contribution in [0.5, 0.6) is 0 Å². The van der Waals surface area contributed by atoms with Crippen molar-refractivity contribution in [3.05, 3.63) is 94.7 Å². The van der Waals surface area contributed by atoms with E-state index in [1.165, 1.54) is 11.1 Å². The van der Waals surface area contributed by atoms with E-state index in [4.69, 9.17) is 10.1 Å². The van der Waals surface area contributed by atoms with Gasteiger partial charge in [-0.2, -0.15) is 5.10 Å². The van der Waals surface area contributed by atoms with Gasteiger partial charge in [0.15, 0.2) is 11.6 Å². The second kappa shape index (κ2) is 10.7. The van der Waals surface area contributed by atoms with E-state index in [0.29, 0.717) is 12.4 Å². The standard InChI is InChI=1S/C28H32N8/c1-4-5-11-26-29-25(17-14-22-9-7-6-8-10-22)32-35(26)19-23-12-15-24(16-13-23)36-21(3)18-20(2)27(36)28-30-33-34-31-28/h6-10,12-13,15-16,18H,4-5,11,14,17,19H2,1-3H3,(H,30,31,33,34). The molecular formula is C28H32N8. The Balaban J connectivity index is 1.36. The molecule has 0 aliphatic carbocycles. The van der Waals surface area contributed by atoms with Gasteiger partial charge in [0.25, 0.3) is 0 Å². The number of nitrogens with zero attached hydrogens (tertiary/aromatic N) is 7. The highest BCUT2D eigenvalue weighted by atomic mass is 15.5. The Morgan fingerprint density at radius 3 is 2.42 bits per heavy atom. The van der Waals surface area contributed by atoms with E-state index in [9.17, 15) is 0 Å². The lowest BCUT2D eigenvalue weighted by molar-refractivity contribution is 0.613. The van der Waals surface area contributed by atoms with E-state index >= 15 is 0 Å². The van der Waals surface area contributed by atoms with Gasteiger partial charge >= 0.3 is 0 Å². The summed E-state index contributed by atoms with van der Waals surface area (Å²) < 4.78 is 4.27. The van der Waals surface area contributed by atoms with Gasteiger partial charge in [-0.25, -0.2) is 14.8 Å². The lowest BCUT2D eigenvalue weighted by Crippen LogP contribution is -2.08. The summed E-state index contributed by atoms with van der Waals surface area (Å²) in [5, 5.41) is 19.4. The minimum Gasteiger partial charge on any atom is -0.311 e. The number of unbranched alkanes of at least 4 members (excludes halogenated alkanes) is 1. The molecular weight excluding hydrogens is 448 g/mol. The summed E-state index contributed by atoms with van der Waals surface area (Å²) in [4.78, 5) is 4.90. The van der Waals surface area contributed by atoms with Crippen molar-refractivity contribution < 1.29 is 0 Å². The molecule has 3 aromatic heterocycles. The highest BCUT2D eigenvalue weighted by Crippen LogP contribution is 2.27. The quantitative estimate of drug-likeness (QED) is 0.302. The number of hydrogen-bond acceptors (Lipinski definition) is 5. The van der Waals surface area contributed by atoms with Gasteiger partial charge in [-0.1, -0.05) is 55.8 Å². The van der Waals surface area contributed by atoms with Crippen LogP contribution < -0.4 is 0 Å². The van der Waals surface area contributed by atoms with Crippen molar-refractivity contribution in [2.24, 2.45) is 0 Å². The van der Waals surface area contributed by atoms with Crippen molar-refractivity contribution in [3.8, 4) is 17.2 Å².